The van der Waals surface area contributed by atoms with Gasteiger partial charge in [-0.25, -0.2) is 9.07 Å². The molecule has 0 unspecified atom stereocenters. The molecule has 0 aliphatic carbocycles. The summed E-state index contributed by atoms with van der Waals surface area (Å²) in [5.41, 5.74) is 1.33. The van der Waals surface area contributed by atoms with Crippen LogP contribution in [0.2, 0.25) is 0 Å². The Hall–Kier alpha value is -2.45. The monoisotopic (exact) mass is 370 g/mol. The smallest absolute Gasteiger partial charge is 0.304 e. The van der Waals surface area contributed by atoms with E-state index < -0.39 is 5.97 Å². The van der Waals surface area contributed by atoms with Gasteiger partial charge in [-0.15, -0.1) is 12.4 Å². The van der Waals surface area contributed by atoms with Crippen LogP contribution in [0, 0.1) is 12.7 Å². The summed E-state index contributed by atoms with van der Waals surface area (Å²) in [7, 11) is 1.67. The number of nitrogens with one attached hydrogen (secondary N) is 1. The summed E-state index contributed by atoms with van der Waals surface area (Å²) in [5.74, 6) is -1.08. The fourth-order valence-electron chi connectivity index (χ4n) is 2.16. The van der Waals surface area contributed by atoms with Gasteiger partial charge in [0.05, 0.1) is 24.3 Å². The third-order valence-corrected chi connectivity index (χ3v) is 3.29. The van der Waals surface area contributed by atoms with Crippen LogP contribution in [0.4, 0.5) is 10.2 Å². The molecule has 1 heterocycles. The van der Waals surface area contributed by atoms with Crippen molar-refractivity contribution in [2.24, 2.45) is 0 Å². The van der Waals surface area contributed by atoms with Crippen molar-refractivity contribution in [1.29, 1.82) is 0 Å². The molecule has 1 aromatic carbocycles. The number of carboxylic acid groups (broad SMARTS) is 1. The van der Waals surface area contributed by atoms with Gasteiger partial charge < -0.3 is 10.4 Å². The predicted octanol–water partition coefficient (Wildman–Crippen LogP) is 2.09. The lowest BCUT2D eigenvalue weighted by Gasteiger charge is -2.15. The summed E-state index contributed by atoms with van der Waals surface area (Å²) in [6.07, 6.45) is -0.0313. The third-order valence-electron chi connectivity index (χ3n) is 3.29. The van der Waals surface area contributed by atoms with Crippen LogP contribution in [0.15, 0.2) is 30.3 Å². The van der Waals surface area contributed by atoms with E-state index in [0.29, 0.717) is 17.2 Å². The van der Waals surface area contributed by atoms with Crippen molar-refractivity contribution in [3.8, 4) is 5.69 Å². The van der Waals surface area contributed by atoms with Crippen molar-refractivity contribution in [2.45, 2.75) is 13.3 Å². The minimum atomic E-state index is -0.910. The molecule has 2 rings (SSSR count). The molecule has 9 heteroatoms. The maximum atomic E-state index is 13.0. The largest absolute Gasteiger partial charge is 0.481 e. The zero-order chi connectivity index (χ0) is 17.7. The van der Waals surface area contributed by atoms with Crippen LogP contribution in [-0.2, 0) is 9.59 Å². The van der Waals surface area contributed by atoms with Crippen molar-refractivity contribution in [1.82, 2.24) is 14.7 Å². The Kier molecular flexibility index (Phi) is 7.53. The van der Waals surface area contributed by atoms with Crippen LogP contribution in [0.1, 0.15) is 12.1 Å². The molecule has 1 amide bonds. The number of nitrogens with zero attached hydrogens (tertiary/aromatic N) is 3. The molecular formula is C16H20ClFN4O3. The molecule has 0 saturated heterocycles. The van der Waals surface area contributed by atoms with Crippen molar-refractivity contribution in [3.05, 3.63) is 41.8 Å². The number of carbonyl (C=O) groups excluding carboxylic acids is 1. The predicted molar refractivity (Wildman–Crippen MR) is 93.9 cm³/mol. The first-order valence-electron chi connectivity index (χ1n) is 7.38. The number of hydrogen-bond donors (Lipinski definition) is 2. The van der Waals surface area contributed by atoms with Crippen molar-refractivity contribution < 1.29 is 19.1 Å². The number of likely N-dealkylation sites (N-methyl/N-ethyl adjacent to an activating group) is 1. The third kappa shape index (κ3) is 6.17. The first-order valence-corrected chi connectivity index (χ1v) is 7.38. The van der Waals surface area contributed by atoms with Gasteiger partial charge >= 0.3 is 5.97 Å². The molecule has 0 aliphatic heterocycles. The SMILES string of the molecule is Cc1cc(NC(=O)CN(C)CCC(=O)O)n(-c2ccc(F)cc2)n1.Cl. The Morgan fingerprint density at radius 1 is 1.32 bits per heavy atom. The highest BCUT2D eigenvalue weighted by Crippen LogP contribution is 2.17. The van der Waals surface area contributed by atoms with Crippen LogP contribution in [0.5, 0.6) is 0 Å². The Morgan fingerprint density at radius 3 is 2.56 bits per heavy atom. The lowest BCUT2D eigenvalue weighted by Crippen LogP contribution is -2.32. The van der Waals surface area contributed by atoms with Crippen molar-refractivity contribution >= 4 is 30.1 Å². The average molecular weight is 371 g/mol. The molecule has 25 heavy (non-hydrogen) atoms. The quantitative estimate of drug-likeness (QED) is 0.779. The van der Waals surface area contributed by atoms with Gasteiger partial charge in [-0.2, -0.15) is 5.10 Å². The van der Waals surface area contributed by atoms with Gasteiger partial charge in [0, 0.05) is 12.6 Å². The highest BCUT2D eigenvalue weighted by atomic mass is 35.5. The standard InChI is InChI=1S/C16H19FN4O3.ClH/c1-11-9-14(18-15(22)10-20(2)8-7-16(23)24)21(19-11)13-5-3-12(17)4-6-13;/h3-6,9H,7-8,10H2,1-2H3,(H,18,22)(H,23,24);1H. The van der Waals surface area contributed by atoms with E-state index in [0.717, 1.165) is 0 Å². The lowest BCUT2D eigenvalue weighted by atomic mass is 10.3. The minimum Gasteiger partial charge on any atom is -0.481 e. The van der Waals surface area contributed by atoms with Gasteiger partial charge in [-0.3, -0.25) is 14.5 Å². The van der Waals surface area contributed by atoms with E-state index in [1.54, 1.807) is 37.1 Å². The number of amides is 1. The minimum absolute atomic E-state index is 0. The second kappa shape index (κ2) is 9.14. The maximum Gasteiger partial charge on any atom is 0.304 e. The molecule has 0 saturated carbocycles. The fraction of sp³-hybridized carbons (Fsp3) is 0.312. The normalized spacial score (nSPS) is 10.4. The first kappa shape index (κ1) is 20.6. The zero-order valence-corrected chi connectivity index (χ0v) is 14.7. The number of aliphatic carboxylic acids is 1. The van der Waals surface area contributed by atoms with E-state index in [1.165, 1.54) is 16.8 Å². The van der Waals surface area contributed by atoms with Crippen LogP contribution < -0.4 is 5.32 Å². The van der Waals surface area contributed by atoms with E-state index >= 15 is 0 Å². The number of benzene rings is 1. The average Bonchev–Trinajstić information content (AvgIpc) is 2.86. The summed E-state index contributed by atoms with van der Waals surface area (Å²) in [4.78, 5) is 24.3. The number of aromatic nitrogens is 2. The maximum absolute atomic E-state index is 13.0. The van der Waals surface area contributed by atoms with Gasteiger partial charge in [-0.05, 0) is 38.2 Å². The summed E-state index contributed by atoms with van der Waals surface area (Å²) < 4.78 is 14.6. The summed E-state index contributed by atoms with van der Waals surface area (Å²) >= 11 is 0. The number of halogens is 2. The summed E-state index contributed by atoms with van der Waals surface area (Å²) in [6.45, 7) is 2.12. The fourth-order valence-corrected chi connectivity index (χ4v) is 2.16. The Morgan fingerprint density at radius 2 is 1.96 bits per heavy atom. The number of hydrogen-bond acceptors (Lipinski definition) is 4. The van der Waals surface area contributed by atoms with Crippen molar-refractivity contribution in [2.75, 3.05) is 25.5 Å². The van der Waals surface area contributed by atoms with Gasteiger partial charge in [-0.1, -0.05) is 0 Å². The molecule has 2 N–H and O–H groups in total. The van der Waals surface area contributed by atoms with Crippen LogP contribution in [0.25, 0.3) is 5.69 Å². The molecule has 7 nitrogen and oxygen atoms in total. The Labute approximate surface area is 150 Å². The van der Waals surface area contributed by atoms with E-state index in [9.17, 15) is 14.0 Å². The molecule has 0 atom stereocenters. The van der Waals surface area contributed by atoms with Gasteiger partial charge in [0.25, 0.3) is 0 Å². The molecule has 0 spiro atoms. The first-order chi connectivity index (χ1) is 11.3. The van der Waals surface area contributed by atoms with Crippen molar-refractivity contribution in [3.63, 3.8) is 0 Å². The number of aryl methyl sites for hydroxylation is 1. The lowest BCUT2D eigenvalue weighted by molar-refractivity contribution is -0.137. The number of rotatable bonds is 7. The molecule has 136 valence electrons. The molecule has 1 aromatic heterocycles. The highest BCUT2D eigenvalue weighted by Gasteiger charge is 2.13. The molecule has 2 aromatic rings. The second-order valence-electron chi connectivity index (χ2n) is 5.49. The number of anilines is 1. The molecule has 0 radical (unpaired) electrons. The van der Waals surface area contributed by atoms with Crippen LogP contribution in [-0.4, -0.2) is 51.8 Å². The molecule has 0 bridgehead atoms. The molecular weight excluding hydrogens is 351 g/mol. The topological polar surface area (TPSA) is 87.5 Å². The second-order valence-corrected chi connectivity index (χ2v) is 5.49. The van der Waals surface area contributed by atoms with Gasteiger partial charge in [0.2, 0.25) is 5.91 Å². The molecule has 0 aliphatic rings. The Bertz CT molecular complexity index is 733. The summed E-state index contributed by atoms with van der Waals surface area (Å²) in [5, 5.41) is 15.7. The van der Waals surface area contributed by atoms with Crippen LogP contribution >= 0.6 is 12.4 Å². The van der Waals surface area contributed by atoms with Gasteiger partial charge in [0.15, 0.2) is 0 Å². The van der Waals surface area contributed by atoms with E-state index in [-0.39, 0.29) is 43.6 Å². The van der Waals surface area contributed by atoms with E-state index in [1.807, 2.05) is 0 Å². The van der Waals surface area contributed by atoms with Gasteiger partial charge in [0.1, 0.15) is 11.6 Å². The molecule has 0 fully saturated rings. The Balaban J connectivity index is 0.00000312. The van der Waals surface area contributed by atoms with E-state index in [2.05, 4.69) is 10.4 Å². The number of carbonyl (C=O) groups is 2. The van der Waals surface area contributed by atoms with Crippen LogP contribution in [0.3, 0.4) is 0 Å². The number of carboxylic acids is 1. The summed E-state index contributed by atoms with van der Waals surface area (Å²) in [6, 6.07) is 7.47. The highest BCUT2D eigenvalue weighted by molar-refractivity contribution is 5.91. The van der Waals surface area contributed by atoms with E-state index in [4.69, 9.17) is 5.11 Å². The zero-order valence-electron chi connectivity index (χ0n) is 13.9.